The second-order valence-electron chi connectivity index (χ2n) is 7.63. The molecule has 1 fully saturated rings. The Balaban J connectivity index is 1.47. The highest BCUT2D eigenvalue weighted by Crippen LogP contribution is 2.37. The number of nitrogens with one attached hydrogen (secondary N) is 1. The van der Waals surface area contributed by atoms with E-state index in [-0.39, 0.29) is 11.4 Å². The molecule has 0 spiro atoms. The van der Waals surface area contributed by atoms with Gasteiger partial charge in [0.2, 0.25) is 5.95 Å². The molecule has 0 saturated carbocycles. The Kier molecular flexibility index (Phi) is 6.90. The molecule has 0 radical (unpaired) electrons. The molecular weight excluding hydrogens is 471 g/mol. The zero-order valence-electron chi connectivity index (χ0n) is 18.1. The summed E-state index contributed by atoms with van der Waals surface area (Å²) in [6.07, 6.45) is -2.10. The van der Waals surface area contributed by atoms with E-state index in [0.29, 0.717) is 5.95 Å². The van der Waals surface area contributed by atoms with Gasteiger partial charge < -0.3 is 15.0 Å². The Bertz CT molecular complexity index is 1170. The van der Waals surface area contributed by atoms with Crippen molar-refractivity contribution in [3.05, 3.63) is 65.4 Å². The first kappa shape index (κ1) is 23.8. The first-order valence-corrected chi connectivity index (χ1v) is 10.8. The van der Waals surface area contributed by atoms with Crippen molar-refractivity contribution in [2.24, 2.45) is 0 Å². The number of hydrogen-bond acceptors (Lipinski definition) is 6. The number of carbonyl (C=O) groups excluding carboxylic acids is 1. The van der Waals surface area contributed by atoms with Crippen LogP contribution in [0.15, 0.2) is 54.9 Å². The number of amides is 1. The molecule has 0 atom stereocenters. The van der Waals surface area contributed by atoms with Gasteiger partial charge in [-0.15, -0.1) is 0 Å². The average molecular weight is 492 g/mol. The molecule has 178 valence electrons. The zero-order chi connectivity index (χ0) is 24.3. The highest BCUT2D eigenvalue weighted by Gasteiger charge is 2.34. The second-order valence-corrected chi connectivity index (χ2v) is 8.03. The molecule has 3 aromatic rings. The fourth-order valence-electron chi connectivity index (χ4n) is 3.45. The molecule has 1 aliphatic rings. The molecule has 1 saturated heterocycles. The quantitative estimate of drug-likeness (QED) is 0.562. The van der Waals surface area contributed by atoms with Crippen LogP contribution in [0.3, 0.4) is 0 Å². The highest BCUT2D eigenvalue weighted by atomic mass is 35.5. The van der Waals surface area contributed by atoms with E-state index in [1.54, 1.807) is 30.6 Å². The van der Waals surface area contributed by atoms with Crippen molar-refractivity contribution in [1.82, 2.24) is 15.3 Å². The predicted molar refractivity (Wildman–Crippen MR) is 123 cm³/mol. The van der Waals surface area contributed by atoms with Gasteiger partial charge in [0, 0.05) is 56.9 Å². The number of piperazine rings is 1. The molecule has 1 N–H and O–H groups in total. The lowest BCUT2D eigenvalue weighted by Crippen LogP contribution is -2.44. The van der Waals surface area contributed by atoms with Crippen LogP contribution in [0.4, 0.5) is 29.6 Å². The van der Waals surface area contributed by atoms with Gasteiger partial charge in [0.25, 0.3) is 0 Å². The van der Waals surface area contributed by atoms with E-state index in [1.165, 1.54) is 13.1 Å². The summed E-state index contributed by atoms with van der Waals surface area (Å²) in [5.74, 6) is 0.876. The summed E-state index contributed by atoms with van der Waals surface area (Å²) in [6, 6.07) is 9.94. The van der Waals surface area contributed by atoms with Gasteiger partial charge in [-0.25, -0.2) is 14.8 Å². The number of ether oxygens (including phenoxy) is 1. The number of aromatic nitrogens is 2. The topological polar surface area (TPSA) is 70.6 Å². The summed E-state index contributed by atoms with van der Waals surface area (Å²) in [7, 11) is 1.32. The minimum absolute atomic E-state index is 0.00483. The number of benzene rings is 2. The number of halogens is 4. The van der Waals surface area contributed by atoms with Crippen LogP contribution in [0.5, 0.6) is 5.75 Å². The lowest BCUT2D eigenvalue weighted by Gasteiger charge is -2.27. The third kappa shape index (κ3) is 5.40. The van der Waals surface area contributed by atoms with Crippen molar-refractivity contribution in [2.45, 2.75) is 6.18 Å². The molecule has 1 aliphatic heterocycles. The Labute approximate surface area is 199 Å². The maximum absolute atomic E-state index is 13.1. The number of rotatable bonds is 4. The molecule has 2 aromatic carbocycles. The first-order chi connectivity index (χ1) is 16.2. The molecule has 11 heteroatoms. The molecule has 4 rings (SSSR count). The Morgan fingerprint density at radius 1 is 1.09 bits per heavy atom. The van der Waals surface area contributed by atoms with Crippen LogP contribution in [0.1, 0.15) is 5.56 Å². The van der Waals surface area contributed by atoms with E-state index in [9.17, 15) is 18.0 Å². The van der Waals surface area contributed by atoms with Crippen LogP contribution in [0.25, 0.3) is 11.1 Å². The van der Waals surface area contributed by atoms with Gasteiger partial charge in [-0.3, -0.25) is 4.90 Å². The van der Waals surface area contributed by atoms with Crippen molar-refractivity contribution < 1.29 is 22.7 Å². The van der Waals surface area contributed by atoms with Gasteiger partial charge >= 0.3 is 12.3 Å². The minimum Gasteiger partial charge on any atom is -0.410 e. The summed E-state index contributed by atoms with van der Waals surface area (Å²) < 4.78 is 44.8. The average Bonchev–Trinajstić information content (AvgIpc) is 2.84. The molecule has 7 nitrogen and oxygen atoms in total. The van der Waals surface area contributed by atoms with Crippen LogP contribution in [-0.4, -0.2) is 49.3 Å². The second kappa shape index (κ2) is 9.86. The van der Waals surface area contributed by atoms with Crippen LogP contribution in [0.2, 0.25) is 5.02 Å². The predicted octanol–water partition coefficient (Wildman–Crippen LogP) is 4.86. The molecular formula is C23H21ClF3N5O2. The molecule has 1 amide bonds. The third-order valence-electron chi connectivity index (χ3n) is 5.33. The van der Waals surface area contributed by atoms with Crippen molar-refractivity contribution in [3.8, 4) is 16.9 Å². The van der Waals surface area contributed by atoms with E-state index in [4.69, 9.17) is 16.3 Å². The standard InChI is InChI=1S/C23H21ClF3N5O2/c1-31(17-5-6-20(24)19(12-17)23(25,26)27)22(33)34-18-4-2-3-15(11-18)16-13-29-21(30-14-16)32-9-7-28-8-10-32/h2-6,11-14,28H,7-10H2,1H3. The fourth-order valence-corrected chi connectivity index (χ4v) is 3.68. The zero-order valence-corrected chi connectivity index (χ0v) is 18.9. The summed E-state index contributed by atoms with van der Waals surface area (Å²) in [5.41, 5.74) is 0.427. The lowest BCUT2D eigenvalue weighted by atomic mass is 10.1. The van der Waals surface area contributed by atoms with Gasteiger partial charge in [0.05, 0.1) is 10.6 Å². The van der Waals surface area contributed by atoms with E-state index in [2.05, 4.69) is 20.2 Å². The van der Waals surface area contributed by atoms with E-state index < -0.39 is 22.9 Å². The van der Waals surface area contributed by atoms with Crippen molar-refractivity contribution in [3.63, 3.8) is 0 Å². The Morgan fingerprint density at radius 3 is 2.47 bits per heavy atom. The van der Waals surface area contributed by atoms with E-state index in [0.717, 1.165) is 54.3 Å². The monoisotopic (exact) mass is 491 g/mol. The van der Waals surface area contributed by atoms with Gasteiger partial charge in [0.1, 0.15) is 5.75 Å². The summed E-state index contributed by atoms with van der Waals surface area (Å²) >= 11 is 5.65. The SMILES string of the molecule is CN(C(=O)Oc1cccc(-c2cnc(N3CCNCC3)nc2)c1)c1ccc(Cl)c(C(F)(F)F)c1. The first-order valence-electron chi connectivity index (χ1n) is 10.4. The van der Waals surface area contributed by atoms with Crippen LogP contribution in [0, 0.1) is 0 Å². The summed E-state index contributed by atoms with van der Waals surface area (Å²) in [6.45, 7) is 3.41. The van der Waals surface area contributed by atoms with Gasteiger partial charge in [0.15, 0.2) is 0 Å². The summed E-state index contributed by atoms with van der Waals surface area (Å²) in [4.78, 5) is 24.5. The Morgan fingerprint density at radius 2 is 1.79 bits per heavy atom. The van der Waals surface area contributed by atoms with Crippen LogP contribution >= 0.6 is 11.6 Å². The van der Waals surface area contributed by atoms with Gasteiger partial charge in [-0.1, -0.05) is 23.7 Å². The van der Waals surface area contributed by atoms with Crippen molar-refractivity contribution >= 4 is 29.3 Å². The van der Waals surface area contributed by atoms with Crippen molar-refractivity contribution in [2.75, 3.05) is 43.0 Å². The highest BCUT2D eigenvalue weighted by molar-refractivity contribution is 6.31. The number of alkyl halides is 3. The smallest absolute Gasteiger partial charge is 0.410 e. The fraction of sp³-hybridized carbons (Fsp3) is 0.261. The maximum atomic E-state index is 13.1. The van der Waals surface area contributed by atoms with Crippen molar-refractivity contribution in [1.29, 1.82) is 0 Å². The number of nitrogens with zero attached hydrogens (tertiary/aromatic N) is 4. The molecule has 34 heavy (non-hydrogen) atoms. The maximum Gasteiger partial charge on any atom is 0.419 e. The largest absolute Gasteiger partial charge is 0.419 e. The molecule has 0 unspecified atom stereocenters. The molecule has 0 bridgehead atoms. The normalized spacial score (nSPS) is 14.1. The number of carbonyl (C=O) groups is 1. The molecule has 2 heterocycles. The number of anilines is 2. The van der Waals surface area contributed by atoms with Crippen LogP contribution in [-0.2, 0) is 6.18 Å². The molecule has 0 aliphatic carbocycles. The van der Waals surface area contributed by atoms with E-state index >= 15 is 0 Å². The minimum atomic E-state index is -4.64. The third-order valence-corrected chi connectivity index (χ3v) is 5.66. The lowest BCUT2D eigenvalue weighted by molar-refractivity contribution is -0.137. The summed E-state index contributed by atoms with van der Waals surface area (Å²) in [5, 5.41) is 2.83. The molecule has 1 aromatic heterocycles. The van der Waals surface area contributed by atoms with Gasteiger partial charge in [-0.05, 0) is 35.9 Å². The van der Waals surface area contributed by atoms with E-state index in [1.807, 2.05) is 6.07 Å². The number of hydrogen-bond donors (Lipinski definition) is 1. The van der Waals surface area contributed by atoms with Gasteiger partial charge in [-0.2, -0.15) is 13.2 Å². The Hall–Kier alpha value is -3.37. The van der Waals surface area contributed by atoms with Crippen LogP contribution < -0.4 is 19.9 Å².